The summed E-state index contributed by atoms with van der Waals surface area (Å²) in [6.45, 7) is 4.75. The van der Waals surface area contributed by atoms with Gasteiger partial charge in [0.15, 0.2) is 0 Å². The summed E-state index contributed by atoms with van der Waals surface area (Å²) < 4.78 is 0. The molecule has 0 saturated heterocycles. The van der Waals surface area contributed by atoms with Crippen LogP contribution in [0, 0.1) is 5.41 Å². The topological polar surface area (TPSA) is 74.6 Å². The van der Waals surface area contributed by atoms with Crippen LogP contribution in [0.5, 0.6) is 0 Å². The molecule has 0 saturated carbocycles. The third-order valence-electron chi connectivity index (χ3n) is 7.20. The van der Waals surface area contributed by atoms with Gasteiger partial charge in [-0.3, -0.25) is 9.59 Å². The zero-order chi connectivity index (χ0) is 23.2. The second-order valence-electron chi connectivity index (χ2n) is 9.65. The standard InChI is InChI=1S/C27H52O4/c1-3-27(4-2,23-19-15-11-7-5-9-13-17-21-25(28)29)24-20-16-12-8-6-10-14-18-22-26(30)31/h3-24H2,1-2H3,(H,28,29)(H,30,31). The summed E-state index contributed by atoms with van der Waals surface area (Å²) in [7, 11) is 0. The van der Waals surface area contributed by atoms with Crippen molar-refractivity contribution in [3.63, 3.8) is 0 Å². The van der Waals surface area contributed by atoms with E-state index in [1.54, 1.807) is 0 Å². The lowest BCUT2D eigenvalue weighted by atomic mass is 9.74. The average molecular weight is 441 g/mol. The Morgan fingerprint density at radius 3 is 1.00 bits per heavy atom. The second kappa shape index (κ2) is 20.8. The quantitative estimate of drug-likeness (QED) is 0.147. The summed E-state index contributed by atoms with van der Waals surface area (Å²) in [5, 5.41) is 17.3. The van der Waals surface area contributed by atoms with E-state index in [1.165, 1.54) is 103 Å². The third-order valence-corrected chi connectivity index (χ3v) is 7.20. The summed E-state index contributed by atoms with van der Waals surface area (Å²) in [5.74, 6) is -1.33. The maximum absolute atomic E-state index is 10.5. The van der Waals surface area contributed by atoms with Gasteiger partial charge in [-0.1, -0.05) is 117 Å². The van der Waals surface area contributed by atoms with Crippen molar-refractivity contribution in [3.8, 4) is 0 Å². The van der Waals surface area contributed by atoms with Crippen molar-refractivity contribution < 1.29 is 19.8 Å². The Morgan fingerprint density at radius 1 is 0.484 bits per heavy atom. The van der Waals surface area contributed by atoms with Gasteiger partial charge in [-0.05, 0) is 31.1 Å². The Balaban J connectivity index is 3.67. The molecule has 0 fully saturated rings. The lowest BCUT2D eigenvalue weighted by molar-refractivity contribution is -0.138. The van der Waals surface area contributed by atoms with Gasteiger partial charge in [0.1, 0.15) is 0 Å². The highest BCUT2D eigenvalue weighted by molar-refractivity contribution is 5.66. The predicted molar refractivity (Wildman–Crippen MR) is 131 cm³/mol. The maximum atomic E-state index is 10.5. The van der Waals surface area contributed by atoms with Crippen molar-refractivity contribution >= 4 is 11.9 Å². The van der Waals surface area contributed by atoms with Gasteiger partial charge in [-0.15, -0.1) is 0 Å². The molecule has 0 bridgehead atoms. The van der Waals surface area contributed by atoms with Crippen LogP contribution in [0.4, 0.5) is 0 Å². The molecule has 4 nitrogen and oxygen atoms in total. The van der Waals surface area contributed by atoms with E-state index in [-0.39, 0.29) is 0 Å². The minimum atomic E-state index is -0.666. The molecule has 2 N–H and O–H groups in total. The molecule has 0 aromatic heterocycles. The summed E-state index contributed by atoms with van der Waals surface area (Å²) in [4.78, 5) is 21.0. The number of unbranched alkanes of at least 4 members (excludes halogenated alkanes) is 14. The molecule has 0 aliphatic heterocycles. The van der Waals surface area contributed by atoms with Crippen LogP contribution in [0.25, 0.3) is 0 Å². The van der Waals surface area contributed by atoms with E-state index in [9.17, 15) is 9.59 Å². The van der Waals surface area contributed by atoms with Crippen LogP contribution in [0.3, 0.4) is 0 Å². The van der Waals surface area contributed by atoms with E-state index in [2.05, 4.69) is 13.8 Å². The van der Waals surface area contributed by atoms with Crippen molar-refractivity contribution in [1.29, 1.82) is 0 Å². The molecule has 0 aromatic carbocycles. The minimum absolute atomic E-state index is 0.324. The van der Waals surface area contributed by atoms with Gasteiger partial charge in [0, 0.05) is 12.8 Å². The van der Waals surface area contributed by atoms with E-state index >= 15 is 0 Å². The number of carbonyl (C=O) groups is 2. The fourth-order valence-corrected chi connectivity index (χ4v) is 4.76. The molecule has 0 radical (unpaired) electrons. The van der Waals surface area contributed by atoms with Crippen molar-refractivity contribution in [1.82, 2.24) is 0 Å². The SMILES string of the molecule is CCC(CC)(CCCCCCCCCCC(=O)O)CCCCCCCCCCC(=O)O. The number of carboxylic acid groups (broad SMARTS) is 2. The molecule has 0 atom stereocenters. The summed E-state index contributed by atoms with van der Waals surface area (Å²) >= 11 is 0. The van der Waals surface area contributed by atoms with Crippen molar-refractivity contribution in [2.45, 2.75) is 155 Å². The highest BCUT2D eigenvalue weighted by Gasteiger charge is 2.24. The van der Waals surface area contributed by atoms with Gasteiger partial charge >= 0.3 is 11.9 Å². The Labute approximate surface area is 192 Å². The minimum Gasteiger partial charge on any atom is -0.481 e. The van der Waals surface area contributed by atoms with E-state index in [1.807, 2.05) is 0 Å². The Bertz CT molecular complexity index is 393. The van der Waals surface area contributed by atoms with Gasteiger partial charge in [0.05, 0.1) is 0 Å². The third kappa shape index (κ3) is 19.4. The first-order valence-corrected chi connectivity index (χ1v) is 13.4. The van der Waals surface area contributed by atoms with Crippen LogP contribution < -0.4 is 0 Å². The van der Waals surface area contributed by atoms with Crippen LogP contribution >= 0.6 is 0 Å². The first-order chi connectivity index (χ1) is 15.0. The van der Waals surface area contributed by atoms with E-state index in [0.29, 0.717) is 18.3 Å². The smallest absolute Gasteiger partial charge is 0.303 e. The summed E-state index contributed by atoms with van der Waals surface area (Å²) in [5.41, 5.74) is 0.549. The monoisotopic (exact) mass is 440 g/mol. The maximum Gasteiger partial charge on any atom is 0.303 e. The lowest BCUT2D eigenvalue weighted by Gasteiger charge is -2.32. The van der Waals surface area contributed by atoms with Crippen molar-refractivity contribution in [2.75, 3.05) is 0 Å². The van der Waals surface area contributed by atoms with Crippen LogP contribution in [0.1, 0.15) is 155 Å². The van der Waals surface area contributed by atoms with Crippen LogP contribution in [0.2, 0.25) is 0 Å². The number of aliphatic carboxylic acids is 2. The number of rotatable bonds is 24. The van der Waals surface area contributed by atoms with Crippen LogP contribution in [0.15, 0.2) is 0 Å². The molecule has 0 amide bonds. The lowest BCUT2D eigenvalue weighted by Crippen LogP contribution is -2.18. The van der Waals surface area contributed by atoms with E-state index in [0.717, 1.165) is 25.7 Å². The van der Waals surface area contributed by atoms with Crippen LogP contribution in [-0.4, -0.2) is 22.2 Å². The van der Waals surface area contributed by atoms with Gasteiger partial charge in [0.25, 0.3) is 0 Å². The highest BCUT2D eigenvalue weighted by Crippen LogP contribution is 2.38. The summed E-state index contributed by atoms with van der Waals surface area (Å²) in [6.07, 6.45) is 25.3. The average Bonchev–Trinajstić information content (AvgIpc) is 2.74. The molecule has 4 heteroatoms. The zero-order valence-electron chi connectivity index (χ0n) is 20.8. The zero-order valence-corrected chi connectivity index (χ0v) is 20.8. The first kappa shape index (κ1) is 29.9. The Morgan fingerprint density at radius 2 is 0.742 bits per heavy atom. The highest BCUT2D eigenvalue weighted by atomic mass is 16.4. The predicted octanol–water partition coefficient (Wildman–Crippen LogP) is 8.76. The number of hydrogen-bond acceptors (Lipinski definition) is 2. The van der Waals surface area contributed by atoms with E-state index < -0.39 is 11.9 Å². The molecule has 184 valence electrons. The van der Waals surface area contributed by atoms with Gasteiger partial charge in [-0.25, -0.2) is 0 Å². The van der Waals surface area contributed by atoms with E-state index in [4.69, 9.17) is 10.2 Å². The molecule has 0 spiro atoms. The fraction of sp³-hybridized carbons (Fsp3) is 0.926. The van der Waals surface area contributed by atoms with Crippen molar-refractivity contribution in [3.05, 3.63) is 0 Å². The normalized spacial score (nSPS) is 11.7. The summed E-state index contributed by atoms with van der Waals surface area (Å²) in [6, 6.07) is 0. The van der Waals surface area contributed by atoms with Gasteiger partial charge in [-0.2, -0.15) is 0 Å². The molecule has 0 heterocycles. The largest absolute Gasteiger partial charge is 0.481 e. The van der Waals surface area contributed by atoms with Crippen molar-refractivity contribution in [2.24, 2.45) is 5.41 Å². The number of carboxylic acids is 2. The first-order valence-electron chi connectivity index (χ1n) is 13.4. The molecule has 31 heavy (non-hydrogen) atoms. The molecule has 0 aromatic rings. The Kier molecular flexibility index (Phi) is 20.1. The van der Waals surface area contributed by atoms with Gasteiger partial charge < -0.3 is 10.2 Å². The van der Waals surface area contributed by atoms with Crippen LogP contribution in [-0.2, 0) is 9.59 Å². The number of hydrogen-bond donors (Lipinski definition) is 2. The van der Waals surface area contributed by atoms with Gasteiger partial charge in [0.2, 0.25) is 0 Å². The molecular weight excluding hydrogens is 388 g/mol. The Hall–Kier alpha value is -1.06. The molecule has 0 aliphatic rings. The molecule has 0 aliphatic carbocycles. The molecule has 0 unspecified atom stereocenters. The molecule has 0 rings (SSSR count). The second-order valence-corrected chi connectivity index (χ2v) is 9.65. The fourth-order valence-electron chi connectivity index (χ4n) is 4.76. The molecular formula is C27H52O4.